The summed E-state index contributed by atoms with van der Waals surface area (Å²) in [5.41, 5.74) is 1.23. The highest BCUT2D eigenvalue weighted by Crippen LogP contribution is 2.28. The van der Waals surface area contributed by atoms with Crippen molar-refractivity contribution in [1.29, 1.82) is 0 Å². The molecule has 0 saturated heterocycles. The lowest BCUT2D eigenvalue weighted by atomic mass is 10.1. The highest BCUT2D eigenvalue weighted by atomic mass is 35.5. The molecule has 0 radical (unpaired) electrons. The Morgan fingerprint density at radius 2 is 1.70 bits per heavy atom. The second kappa shape index (κ2) is 11.2. The fourth-order valence-electron chi connectivity index (χ4n) is 3.18. The molecular weight excluding hydrogens is 464 g/mol. The van der Waals surface area contributed by atoms with Crippen LogP contribution < -0.4 is 19.5 Å². The van der Waals surface area contributed by atoms with Crippen molar-refractivity contribution in [3.05, 3.63) is 83.4 Å². The van der Waals surface area contributed by atoms with Crippen LogP contribution in [0.1, 0.15) is 12.5 Å². The molecule has 3 rings (SSSR count). The van der Waals surface area contributed by atoms with Gasteiger partial charge >= 0.3 is 0 Å². The van der Waals surface area contributed by atoms with Crippen LogP contribution in [0.15, 0.2) is 77.7 Å². The minimum atomic E-state index is -4.07. The summed E-state index contributed by atoms with van der Waals surface area (Å²) in [6, 6.07) is 19.1. The van der Waals surface area contributed by atoms with E-state index in [9.17, 15) is 13.2 Å². The molecule has 0 bridgehead atoms. The predicted molar refractivity (Wildman–Crippen MR) is 129 cm³/mol. The number of ether oxygens (including phenoxy) is 2. The van der Waals surface area contributed by atoms with Crippen LogP contribution in [0.2, 0.25) is 5.02 Å². The third-order valence-electron chi connectivity index (χ3n) is 4.77. The van der Waals surface area contributed by atoms with Crippen LogP contribution in [0.25, 0.3) is 0 Å². The highest BCUT2D eigenvalue weighted by Gasteiger charge is 2.27. The smallest absolute Gasteiger partial charge is 0.243 e. The van der Waals surface area contributed by atoms with Gasteiger partial charge in [-0.2, -0.15) is 4.72 Å². The summed E-state index contributed by atoms with van der Waals surface area (Å²) in [5.74, 6) is 0.322. The van der Waals surface area contributed by atoms with Crippen LogP contribution in [0.3, 0.4) is 0 Å². The summed E-state index contributed by atoms with van der Waals surface area (Å²) in [7, 11) is -2.58. The van der Waals surface area contributed by atoms with E-state index in [1.54, 1.807) is 31.2 Å². The van der Waals surface area contributed by atoms with Gasteiger partial charge < -0.3 is 14.8 Å². The summed E-state index contributed by atoms with van der Waals surface area (Å²) in [6.07, 6.45) is 0.145. The Morgan fingerprint density at radius 1 is 1.00 bits per heavy atom. The Morgan fingerprint density at radius 3 is 2.36 bits per heavy atom. The average molecular weight is 489 g/mol. The SMILES string of the molecule is CCOc1ccc(S(=O)(=O)NC(Cc2ccccc2)C(=O)Nc2ccccc2OC)cc1Cl. The van der Waals surface area contributed by atoms with Crippen molar-refractivity contribution in [3.8, 4) is 11.5 Å². The Kier molecular flexibility index (Phi) is 8.32. The minimum absolute atomic E-state index is 0.0703. The number of anilines is 1. The fourth-order valence-corrected chi connectivity index (χ4v) is 4.70. The lowest BCUT2D eigenvalue weighted by Crippen LogP contribution is -2.45. The zero-order valence-corrected chi connectivity index (χ0v) is 19.8. The lowest BCUT2D eigenvalue weighted by Gasteiger charge is -2.20. The molecule has 33 heavy (non-hydrogen) atoms. The van der Waals surface area contributed by atoms with Crippen molar-refractivity contribution in [2.24, 2.45) is 0 Å². The van der Waals surface area contributed by atoms with Gasteiger partial charge in [0.05, 0.1) is 29.3 Å². The van der Waals surface area contributed by atoms with Crippen molar-refractivity contribution < 1.29 is 22.7 Å². The van der Waals surface area contributed by atoms with Crippen LogP contribution in [-0.4, -0.2) is 34.1 Å². The zero-order chi connectivity index (χ0) is 23.8. The van der Waals surface area contributed by atoms with E-state index in [0.717, 1.165) is 5.56 Å². The molecule has 0 aliphatic rings. The first kappa shape index (κ1) is 24.6. The van der Waals surface area contributed by atoms with E-state index < -0.39 is 22.0 Å². The predicted octanol–water partition coefficient (Wildman–Crippen LogP) is 4.28. The average Bonchev–Trinajstić information content (AvgIpc) is 2.81. The third kappa shape index (κ3) is 6.47. The molecule has 1 atom stereocenters. The van der Waals surface area contributed by atoms with E-state index in [0.29, 0.717) is 23.8 Å². The number of hydrogen-bond donors (Lipinski definition) is 2. The van der Waals surface area contributed by atoms with Crippen molar-refractivity contribution in [2.75, 3.05) is 19.0 Å². The summed E-state index contributed by atoms with van der Waals surface area (Å²) in [6.45, 7) is 2.20. The number of amides is 1. The number of nitrogens with one attached hydrogen (secondary N) is 2. The molecule has 0 spiro atoms. The maximum atomic E-state index is 13.2. The van der Waals surface area contributed by atoms with Gasteiger partial charge in [-0.25, -0.2) is 8.42 Å². The largest absolute Gasteiger partial charge is 0.495 e. The standard InChI is InChI=1S/C24H25ClN2O5S/c1-3-32-22-14-13-18(16-19(22)25)33(29,30)27-21(15-17-9-5-4-6-10-17)24(28)26-20-11-7-8-12-23(20)31-2/h4-14,16,21,27H,3,15H2,1-2H3,(H,26,28). The fraction of sp³-hybridized carbons (Fsp3) is 0.208. The normalized spacial score (nSPS) is 12.1. The molecule has 9 heteroatoms. The first-order valence-corrected chi connectivity index (χ1v) is 12.1. The van der Waals surface area contributed by atoms with Gasteiger partial charge in [-0.05, 0) is 49.2 Å². The van der Waals surface area contributed by atoms with Crippen LogP contribution in [0, 0.1) is 0 Å². The van der Waals surface area contributed by atoms with Gasteiger partial charge in [0.25, 0.3) is 0 Å². The molecule has 0 aromatic heterocycles. The number of hydrogen-bond acceptors (Lipinski definition) is 5. The molecule has 2 N–H and O–H groups in total. The van der Waals surface area contributed by atoms with Gasteiger partial charge in [-0.1, -0.05) is 54.1 Å². The number of carbonyl (C=O) groups is 1. The first-order chi connectivity index (χ1) is 15.8. The Balaban J connectivity index is 1.89. The number of sulfonamides is 1. The second-order valence-electron chi connectivity index (χ2n) is 7.08. The molecule has 0 fully saturated rings. The van der Waals surface area contributed by atoms with Crippen LogP contribution in [0.5, 0.6) is 11.5 Å². The van der Waals surface area contributed by atoms with Gasteiger partial charge in [0.1, 0.15) is 17.5 Å². The third-order valence-corrected chi connectivity index (χ3v) is 6.54. The van der Waals surface area contributed by atoms with E-state index in [1.807, 2.05) is 30.3 Å². The van der Waals surface area contributed by atoms with Gasteiger partial charge in [-0.15, -0.1) is 0 Å². The summed E-state index contributed by atoms with van der Waals surface area (Å²) in [4.78, 5) is 13.1. The molecule has 0 aliphatic heterocycles. The van der Waals surface area contributed by atoms with Crippen molar-refractivity contribution >= 4 is 33.2 Å². The van der Waals surface area contributed by atoms with Gasteiger partial charge in [0.15, 0.2) is 0 Å². The van der Waals surface area contributed by atoms with Gasteiger partial charge in [0, 0.05) is 0 Å². The van der Waals surface area contributed by atoms with Crippen LogP contribution in [0.4, 0.5) is 5.69 Å². The van der Waals surface area contributed by atoms with Crippen molar-refractivity contribution in [1.82, 2.24) is 4.72 Å². The first-order valence-electron chi connectivity index (χ1n) is 10.3. The van der Waals surface area contributed by atoms with E-state index in [-0.39, 0.29) is 16.3 Å². The van der Waals surface area contributed by atoms with E-state index in [2.05, 4.69) is 10.0 Å². The maximum Gasteiger partial charge on any atom is 0.243 e. The number of methoxy groups -OCH3 is 1. The summed E-state index contributed by atoms with van der Waals surface area (Å²) < 4.78 is 39.4. The van der Waals surface area contributed by atoms with E-state index >= 15 is 0 Å². The number of rotatable bonds is 10. The van der Waals surface area contributed by atoms with E-state index in [1.165, 1.54) is 25.3 Å². The molecule has 0 heterocycles. The topological polar surface area (TPSA) is 93.7 Å². The number of carbonyl (C=O) groups excluding carboxylic acids is 1. The quantitative estimate of drug-likeness (QED) is 0.444. The van der Waals surface area contributed by atoms with E-state index in [4.69, 9.17) is 21.1 Å². The minimum Gasteiger partial charge on any atom is -0.495 e. The molecule has 0 saturated carbocycles. The van der Waals surface area contributed by atoms with Crippen LogP contribution in [-0.2, 0) is 21.2 Å². The molecule has 174 valence electrons. The monoisotopic (exact) mass is 488 g/mol. The maximum absolute atomic E-state index is 13.2. The second-order valence-corrected chi connectivity index (χ2v) is 9.20. The number of benzene rings is 3. The molecule has 3 aromatic carbocycles. The zero-order valence-electron chi connectivity index (χ0n) is 18.2. The summed E-state index contributed by atoms with van der Waals surface area (Å²) in [5, 5.41) is 2.92. The molecule has 3 aromatic rings. The number of para-hydroxylation sites is 2. The Labute approximate surface area is 198 Å². The summed E-state index contributed by atoms with van der Waals surface area (Å²) >= 11 is 6.17. The lowest BCUT2D eigenvalue weighted by molar-refractivity contribution is -0.117. The Hall–Kier alpha value is -3.07. The van der Waals surface area contributed by atoms with Crippen LogP contribution >= 0.6 is 11.6 Å². The molecular formula is C24H25ClN2O5S. The number of halogens is 1. The van der Waals surface area contributed by atoms with Crippen molar-refractivity contribution in [2.45, 2.75) is 24.3 Å². The van der Waals surface area contributed by atoms with Gasteiger partial charge in [0.2, 0.25) is 15.9 Å². The molecule has 0 aliphatic carbocycles. The molecule has 1 amide bonds. The van der Waals surface area contributed by atoms with Crippen molar-refractivity contribution in [3.63, 3.8) is 0 Å². The Bertz CT molecular complexity index is 1200. The molecule has 7 nitrogen and oxygen atoms in total. The molecule has 1 unspecified atom stereocenters. The van der Waals surface area contributed by atoms with Gasteiger partial charge in [-0.3, -0.25) is 4.79 Å². The highest BCUT2D eigenvalue weighted by molar-refractivity contribution is 7.89.